The summed E-state index contributed by atoms with van der Waals surface area (Å²) in [6.45, 7) is 26.5. The lowest BCUT2D eigenvalue weighted by molar-refractivity contribution is -0.163. The Kier molecular flexibility index (Phi) is 13.5. The molecule has 0 aliphatic carbocycles. The minimum atomic E-state index is -2.98. The van der Waals surface area contributed by atoms with Crippen LogP contribution in [0.2, 0.25) is 65.0 Å². The topological polar surface area (TPSA) is 101 Å². The highest BCUT2D eigenvalue weighted by atomic mass is 28.5. The molecule has 8 nitrogen and oxygen atoms in total. The molecule has 0 aromatic heterocycles. The van der Waals surface area contributed by atoms with E-state index in [2.05, 4.69) is 58.9 Å². The highest BCUT2D eigenvalue weighted by Crippen LogP contribution is 2.39. The van der Waals surface area contributed by atoms with Gasteiger partial charge in [0.15, 0.2) is 25.0 Å². The predicted octanol–water partition coefficient (Wildman–Crippen LogP) is 5.78. The Morgan fingerprint density at radius 1 is 0.722 bits per heavy atom. The summed E-state index contributed by atoms with van der Waals surface area (Å²) in [5, 5.41) is 8.94. The number of hydrogen-bond acceptors (Lipinski definition) is 8. The number of hydrogen-bond donors (Lipinski definition) is 1. The number of aliphatic hydroxyl groups excluding tert-OH is 1. The van der Waals surface area contributed by atoms with Crippen LogP contribution in [0.25, 0.3) is 0 Å². The van der Waals surface area contributed by atoms with Crippen LogP contribution in [-0.4, -0.2) is 70.6 Å². The van der Waals surface area contributed by atoms with E-state index < -0.39 is 50.6 Å². The first-order valence-electron chi connectivity index (χ1n) is 13.1. The number of aliphatic hydroxyl groups is 1. The number of rotatable bonds is 17. The van der Waals surface area contributed by atoms with E-state index in [1.54, 1.807) is 13.8 Å². The molecule has 0 aliphatic rings. The average molecular weight is 583 g/mol. The molecular weight excluding hydrogens is 529 g/mol. The first-order valence-corrected chi connectivity index (χ1v) is 25.2. The van der Waals surface area contributed by atoms with Crippen molar-refractivity contribution in [2.45, 2.75) is 112 Å². The predicted molar refractivity (Wildman–Crippen MR) is 154 cm³/mol. The van der Waals surface area contributed by atoms with E-state index in [1.807, 2.05) is 13.8 Å². The van der Waals surface area contributed by atoms with Gasteiger partial charge >= 0.3 is 20.7 Å². The molecule has 0 saturated heterocycles. The maximum atomic E-state index is 13.1. The minimum Gasteiger partial charge on any atom is -0.465 e. The molecule has 0 aliphatic heterocycles. The van der Waals surface area contributed by atoms with Gasteiger partial charge in [-0.05, 0) is 99.0 Å². The second-order valence-corrected chi connectivity index (χ2v) is 30.4. The third kappa shape index (κ3) is 14.0. The van der Waals surface area contributed by atoms with Crippen molar-refractivity contribution < 1.29 is 36.5 Å². The van der Waals surface area contributed by atoms with Gasteiger partial charge in [0.05, 0.1) is 24.0 Å². The van der Waals surface area contributed by atoms with Crippen LogP contribution in [0.15, 0.2) is 0 Å². The summed E-state index contributed by atoms with van der Waals surface area (Å²) in [6, 6.07) is 0.598. The minimum absolute atomic E-state index is 0.0559. The van der Waals surface area contributed by atoms with Crippen LogP contribution < -0.4 is 0 Å². The van der Waals surface area contributed by atoms with Crippen molar-refractivity contribution in [2.24, 2.45) is 10.8 Å². The Morgan fingerprint density at radius 3 is 1.50 bits per heavy atom. The highest BCUT2D eigenvalue weighted by Gasteiger charge is 2.50. The van der Waals surface area contributed by atoms with Gasteiger partial charge in [0.2, 0.25) is 0 Å². The van der Waals surface area contributed by atoms with Crippen molar-refractivity contribution >= 4 is 45.7 Å². The van der Waals surface area contributed by atoms with Gasteiger partial charge in [0, 0.05) is 6.04 Å². The average Bonchev–Trinajstić information content (AvgIpc) is 2.64. The lowest BCUT2D eigenvalue weighted by Crippen LogP contribution is -2.60. The van der Waals surface area contributed by atoms with Gasteiger partial charge in [-0.15, -0.1) is 0 Å². The van der Waals surface area contributed by atoms with E-state index in [-0.39, 0.29) is 32.2 Å². The Hall–Kier alpha value is -0.352. The molecule has 0 rings (SSSR count). The molecule has 0 spiro atoms. The molecule has 1 atom stereocenters. The van der Waals surface area contributed by atoms with Gasteiger partial charge in [-0.3, -0.25) is 9.59 Å². The summed E-state index contributed by atoms with van der Waals surface area (Å²) in [5.74, 6) is -0.765. The van der Waals surface area contributed by atoms with Crippen molar-refractivity contribution in [3.05, 3.63) is 0 Å². The quantitative estimate of drug-likeness (QED) is 0.131. The van der Waals surface area contributed by atoms with Crippen LogP contribution in [0.3, 0.4) is 0 Å². The Labute approximate surface area is 224 Å². The third-order valence-corrected chi connectivity index (χ3v) is 17.3. The number of esters is 2. The molecule has 0 amide bonds. The molecule has 1 N–H and O–H groups in total. The summed E-state index contributed by atoms with van der Waals surface area (Å²) in [6.07, 6.45) is 1.39. The number of carbonyl (C=O) groups is 2. The van der Waals surface area contributed by atoms with Crippen LogP contribution in [0.1, 0.15) is 47.0 Å². The fraction of sp³-hybridized carbons (Fsp3) is 0.917. The molecule has 0 fully saturated rings. The molecule has 1 unspecified atom stereocenters. The molecular formula is C24H54O8Si4. The number of carbonyl (C=O) groups excluding carboxylic acids is 2. The summed E-state index contributed by atoms with van der Waals surface area (Å²) in [5.41, 5.74) is -1.72. The van der Waals surface area contributed by atoms with E-state index in [9.17, 15) is 9.59 Å². The van der Waals surface area contributed by atoms with Crippen LogP contribution in [-0.2, 0) is 31.4 Å². The van der Waals surface area contributed by atoms with Crippen molar-refractivity contribution in [3.8, 4) is 0 Å². The van der Waals surface area contributed by atoms with Gasteiger partial charge in [-0.1, -0.05) is 6.92 Å². The molecule has 36 heavy (non-hydrogen) atoms. The molecule has 0 bridgehead atoms. The number of ether oxygens (including phenoxy) is 2. The summed E-state index contributed by atoms with van der Waals surface area (Å²) < 4.78 is 30.9. The Morgan fingerprint density at radius 2 is 1.14 bits per heavy atom. The molecule has 0 heterocycles. The molecule has 0 aromatic rings. The zero-order valence-corrected chi connectivity index (χ0v) is 29.3. The van der Waals surface area contributed by atoms with Crippen molar-refractivity contribution in [2.75, 3.05) is 19.8 Å². The molecule has 0 radical (unpaired) electrons. The Bertz CT molecular complexity index is 670. The maximum absolute atomic E-state index is 13.1. The molecule has 214 valence electrons. The fourth-order valence-electron chi connectivity index (χ4n) is 3.97. The van der Waals surface area contributed by atoms with Crippen LogP contribution >= 0.6 is 0 Å². The zero-order valence-electron chi connectivity index (χ0n) is 25.3. The van der Waals surface area contributed by atoms with Gasteiger partial charge in [0.25, 0.3) is 0 Å². The standard InChI is InChI=1S/C24H54O8Si4/c1-14-24(4,20-23(2,3)21(26)29-18-16-25)22(27)28-17-15-19-36(30-33(5,6)7,31-34(8,9)10)32-35(11,12)13/h25H,14-20H2,1-13H3. The van der Waals surface area contributed by atoms with Crippen molar-refractivity contribution in [1.29, 1.82) is 0 Å². The van der Waals surface area contributed by atoms with E-state index >= 15 is 0 Å². The lowest BCUT2D eigenvalue weighted by Gasteiger charge is -2.43. The van der Waals surface area contributed by atoms with Crippen LogP contribution in [0.5, 0.6) is 0 Å². The lowest BCUT2D eigenvalue weighted by atomic mass is 9.72. The van der Waals surface area contributed by atoms with E-state index in [1.165, 1.54) is 0 Å². The van der Waals surface area contributed by atoms with Crippen LogP contribution in [0.4, 0.5) is 0 Å². The van der Waals surface area contributed by atoms with E-state index in [4.69, 9.17) is 26.9 Å². The van der Waals surface area contributed by atoms with E-state index in [0.717, 1.165) is 0 Å². The zero-order chi connectivity index (χ0) is 28.6. The summed E-state index contributed by atoms with van der Waals surface area (Å²) in [4.78, 5) is 25.6. The molecule has 0 aromatic carbocycles. The van der Waals surface area contributed by atoms with Gasteiger partial charge in [-0.2, -0.15) is 0 Å². The third-order valence-electron chi connectivity index (χ3n) is 5.23. The summed E-state index contributed by atoms with van der Waals surface area (Å²) >= 11 is 0. The smallest absolute Gasteiger partial charge is 0.465 e. The van der Waals surface area contributed by atoms with Crippen LogP contribution in [0, 0.1) is 10.8 Å². The second-order valence-electron chi connectivity index (χ2n) is 13.4. The SMILES string of the molecule is CCC(C)(CC(C)(C)C(=O)OCCO)C(=O)OCCC[Si](O[Si](C)(C)C)(O[Si](C)(C)C)O[Si](C)(C)C. The fourth-order valence-corrected chi connectivity index (χ4v) is 18.6. The first kappa shape index (κ1) is 35.6. The van der Waals surface area contributed by atoms with Crippen molar-refractivity contribution in [3.63, 3.8) is 0 Å². The second kappa shape index (κ2) is 13.6. The largest absolute Gasteiger partial charge is 0.469 e. The molecule has 12 heteroatoms. The van der Waals surface area contributed by atoms with Gasteiger partial charge in [-0.25, -0.2) is 0 Å². The monoisotopic (exact) mass is 582 g/mol. The first-order chi connectivity index (χ1) is 16.0. The maximum Gasteiger partial charge on any atom is 0.469 e. The Balaban J connectivity index is 5.48. The highest BCUT2D eigenvalue weighted by molar-refractivity contribution is 6.90. The normalized spacial score (nSPS) is 15.4. The van der Waals surface area contributed by atoms with Gasteiger partial charge < -0.3 is 26.9 Å². The molecule has 0 saturated carbocycles. The summed E-state index contributed by atoms with van der Waals surface area (Å²) in [7, 11) is -8.89. The van der Waals surface area contributed by atoms with E-state index in [0.29, 0.717) is 18.9 Å². The van der Waals surface area contributed by atoms with Gasteiger partial charge in [0.1, 0.15) is 6.61 Å². The van der Waals surface area contributed by atoms with Crippen molar-refractivity contribution in [1.82, 2.24) is 0 Å².